The molecule has 1 aliphatic carbocycles. The minimum atomic E-state index is 0.450. The normalized spacial score (nSPS) is 14.5. The number of hydrogen-bond donors (Lipinski definition) is 2. The molecule has 3 rings (SSSR count). The van der Waals surface area contributed by atoms with Crippen LogP contribution in [-0.4, -0.2) is 32.2 Å². The van der Waals surface area contributed by atoms with Gasteiger partial charge in [0.15, 0.2) is 5.96 Å². The summed E-state index contributed by atoms with van der Waals surface area (Å²) < 4.78 is 6.00. The van der Waals surface area contributed by atoms with Gasteiger partial charge in [-0.25, -0.2) is 0 Å². The largest absolute Gasteiger partial charge is 0.491 e. The van der Waals surface area contributed by atoms with Gasteiger partial charge in [-0.15, -0.1) is 0 Å². The molecule has 0 saturated heterocycles. The summed E-state index contributed by atoms with van der Waals surface area (Å²) in [6, 6.07) is 18.9. The van der Waals surface area contributed by atoms with Gasteiger partial charge in [-0.1, -0.05) is 60.7 Å². The summed E-state index contributed by atoms with van der Waals surface area (Å²) in [6.07, 6.45) is 6.52. The van der Waals surface area contributed by atoms with Crippen LogP contribution in [0.1, 0.15) is 12.8 Å². The van der Waals surface area contributed by atoms with Gasteiger partial charge in [-0.3, -0.25) is 4.99 Å². The maximum atomic E-state index is 6.00. The topological polar surface area (TPSA) is 45.7 Å². The average molecular weight is 335 g/mol. The highest BCUT2D eigenvalue weighted by atomic mass is 16.5. The Hall–Kier alpha value is -2.75. The molecule has 0 bridgehead atoms. The van der Waals surface area contributed by atoms with E-state index < -0.39 is 0 Å². The van der Waals surface area contributed by atoms with Gasteiger partial charge in [0, 0.05) is 18.7 Å². The molecule has 0 aliphatic heterocycles. The molecular weight excluding hydrogens is 310 g/mol. The number of nitrogens with one attached hydrogen (secondary N) is 2. The molecule has 4 heteroatoms. The molecular formula is C21H25N3O. The van der Waals surface area contributed by atoms with Crippen LogP contribution in [0, 0.1) is 0 Å². The summed E-state index contributed by atoms with van der Waals surface area (Å²) >= 11 is 0. The zero-order valence-corrected chi connectivity index (χ0v) is 14.6. The van der Waals surface area contributed by atoms with Crippen molar-refractivity contribution in [3.63, 3.8) is 0 Å². The predicted molar refractivity (Wildman–Crippen MR) is 104 cm³/mol. The van der Waals surface area contributed by atoms with Crippen LogP contribution in [-0.2, 0) is 0 Å². The lowest BCUT2D eigenvalue weighted by Crippen LogP contribution is -2.43. The minimum Gasteiger partial charge on any atom is -0.491 e. The van der Waals surface area contributed by atoms with Crippen molar-refractivity contribution in [2.24, 2.45) is 4.99 Å². The van der Waals surface area contributed by atoms with E-state index >= 15 is 0 Å². The first kappa shape index (κ1) is 17.1. The quantitative estimate of drug-likeness (QED) is 0.367. The molecule has 0 spiro atoms. The fourth-order valence-electron chi connectivity index (χ4n) is 2.90. The lowest BCUT2D eigenvalue weighted by molar-refractivity contribution is 0.323. The minimum absolute atomic E-state index is 0.450. The van der Waals surface area contributed by atoms with Gasteiger partial charge in [-0.2, -0.15) is 0 Å². The van der Waals surface area contributed by atoms with Gasteiger partial charge >= 0.3 is 0 Å². The summed E-state index contributed by atoms with van der Waals surface area (Å²) in [5.74, 6) is 1.73. The molecule has 25 heavy (non-hydrogen) atoms. The Balaban J connectivity index is 1.51. The van der Waals surface area contributed by atoms with Gasteiger partial charge in [0.05, 0.1) is 6.54 Å². The van der Waals surface area contributed by atoms with E-state index in [0.717, 1.165) is 35.7 Å². The first-order chi connectivity index (χ1) is 12.4. The van der Waals surface area contributed by atoms with Gasteiger partial charge in [-0.05, 0) is 24.5 Å². The Bertz CT molecular complexity index is 717. The fraction of sp³-hybridized carbons (Fsp3) is 0.286. The van der Waals surface area contributed by atoms with Gasteiger partial charge in [0.2, 0.25) is 0 Å². The van der Waals surface area contributed by atoms with Gasteiger partial charge < -0.3 is 15.4 Å². The van der Waals surface area contributed by atoms with E-state index in [9.17, 15) is 0 Å². The van der Waals surface area contributed by atoms with Crippen LogP contribution in [0.2, 0.25) is 0 Å². The van der Waals surface area contributed by atoms with Crippen molar-refractivity contribution in [1.82, 2.24) is 10.6 Å². The summed E-state index contributed by atoms with van der Waals surface area (Å²) in [4.78, 5) is 4.27. The highest BCUT2D eigenvalue weighted by molar-refractivity contribution is 5.80. The number of para-hydroxylation sites is 1. The number of nitrogens with zero attached hydrogens (tertiary/aromatic N) is 1. The van der Waals surface area contributed by atoms with E-state index in [2.05, 4.69) is 46.0 Å². The molecule has 4 nitrogen and oxygen atoms in total. The Kier molecular flexibility index (Phi) is 6.10. The predicted octanol–water partition coefficient (Wildman–Crippen LogP) is 3.62. The molecule has 1 aliphatic rings. The highest BCUT2D eigenvalue weighted by Gasteiger charge is 2.11. The third kappa shape index (κ3) is 4.86. The lowest BCUT2D eigenvalue weighted by Gasteiger charge is -2.17. The summed E-state index contributed by atoms with van der Waals surface area (Å²) in [5.41, 5.74) is 2.28. The van der Waals surface area contributed by atoms with Crippen molar-refractivity contribution in [2.45, 2.75) is 18.9 Å². The number of aliphatic imine (C=N–C) groups is 1. The third-order valence-corrected chi connectivity index (χ3v) is 4.20. The molecule has 0 fully saturated rings. The average Bonchev–Trinajstić information content (AvgIpc) is 3.18. The molecule has 0 saturated carbocycles. The standard InChI is InChI=1S/C21H25N3O/c1-22-21(24-18-11-5-6-12-18)23-15-16-25-20-14-8-7-13-19(20)17-9-3-2-4-10-17/h2-10,13-14,18H,11-12,15-16H2,1H3,(H2,22,23,24). The molecule has 0 amide bonds. The highest BCUT2D eigenvalue weighted by Crippen LogP contribution is 2.29. The number of benzene rings is 2. The third-order valence-electron chi connectivity index (χ3n) is 4.20. The Labute approximate surface area is 149 Å². The van der Waals surface area contributed by atoms with Crippen LogP contribution in [0.25, 0.3) is 11.1 Å². The lowest BCUT2D eigenvalue weighted by atomic mass is 10.1. The Morgan fingerprint density at radius 1 is 1.04 bits per heavy atom. The van der Waals surface area contributed by atoms with Gasteiger partial charge in [0.1, 0.15) is 12.4 Å². The second-order valence-electron chi connectivity index (χ2n) is 5.99. The monoisotopic (exact) mass is 335 g/mol. The van der Waals surface area contributed by atoms with E-state index in [1.165, 1.54) is 0 Å². The fourth-order valence-corrected chi connectivity index (χ4v) is 2.90. The number of rotatable bonds is 6. The Morgan fingerprint density at radius 2 is 1.76 bits per heavy atom. The van der Waals surface area contributed by atoms with E-state index in [4.69, 9.17) is 4.74 Å². The molecule has 130 valence electrons. The van der Waals surface area contributed by atoms with Crippen molar-refractivity contribution in [2.75, 3.05) is 20.2 Å². The van der Waals surface area contributed by atoms with Crippen molar-refractivity contribution >= 4 is 5.96 Å². The smallest absolute Gasteiger partial charge is 0.191 e. The molecule has 2 aromatic carbocycles. The molecule has 2 aromatic rings. The molecule has 0 radical (unpaired) electrons. The van der Waals surface area contributed by atoms with Crippen molar-refractivity contribution in [3.05, 3.63) is 66.7 Å². The first-order valence-corrected chi connectivity index (χ1v) is 8.76. The van der Waals surface area contributed by atoms with E-state index in [1.807, 2.05) is 36.4 Å². The van der Waals surface area contributed by atoms with Crippen LogP contribution in [0.5, 0.6) is 5.75 Å². The van der Waals surface area contributed by atoms with E-state index in [1.54, 1.807) is 7.05 Å². The summed E-state index contributed by atoms with van der Waals surface area (Å²) in [5, 5.41) is 6.73. The number of guanidine groups is 1. The molecule has 0 unspecified atom stereocenters. The van der Waals surface area contributed by atoms with E-state index in [0.29, 0.717) is 19.2 Å². The molecule has 0 aromatic heterocycles. The maximum Gasteiger partial charge on any atom is 0.191 e. The first-order valence-electron chi connectivity index (χ1n) is 8.76. The van der Waals surface area contributed by atoms with Crippen LogP contribution < -0.4 is 15.4 Å². The SMILES string of the molecule is CN=C(NCCOc1ccccc1-c1ccccc1)NC1CC=CC1. The zero-order valence-electron chi connectivity index (χ0n) is 14.6. The molecule has 0 atom stereocenters. The van der Waals surface area contributed by atoms with E-state index in [-0.39, 0.29) is 0 Å². The van der Waals surface area contributed by atoms with Crippen LogP contribution >= 0.6 is 0 Å². The van der Waals surface area contributed by atoms with Crippen molar-refractivity contribution in [1.29, 1.82) is 0 Å². The van der Waals surface area contributed by atoms with Crippen LogP contribution in [0.3, 0.4) is 0 Å². The van der Waals surface area contributed by atoms with Crippen LogP contribution in [0.15, 0.2) is 71.7 Å². The zero-order chi connectivity index (χ0) is 17.3. The molecule has 0 heterocycles. The second-order valence-corrected chi connectivity index (χ2v) is 5.99. The second kappa shape index (κ2) is 8.92. The van der Waals surface area contributed by atoms with Crippen molar-refractivity contribution < 1.29 is 4.74 Å². The Morgan fingerprint density at radius 3 is 2.52 bits per heavy atom. The van der Waals surface area contributed by atoms with Gasteiger partial charge in [0.25, 0.3) is 0 Å². The van der Waals surface area contributed by atoms with Crippen molar-refractivity contribution in [3.8, 4) is 16.9 Å². The summed E-state index contributed by atoms with van der Waals surface area (Å²) in [7, 11) is 1.79. The maximum absolute atomic E-state index is 6.00. The number of ether oxygens (including phenoxy) is 1. The van der Waals surface area contributed by atoms with Crippen LogP contribution in [0.4, 0.5) is 0 Å². The number of hydrogen-bond acceptors (Lipinski definition) is 2. The molecule has 2 N–H and O–H groups in total. The summed E-state index contributed by atoms with van der Waals surface area (Å²) in [6.45, 7) is 1.27.